The summed E-state index contributed by atoms with van der Waals surface area (Å²) >= 11 is 0. The van der Waals surface area contributed by atoms with Crippen molar-refractivity contribution in [2.45, 2.75) is 19.4 Å². The van der Waals surface area contributed by atoms with Crippen molar-refractivity contribution in [3.8, 4) is 0 Å². The Labute approximate surface area is 101 Å². The van der Waals surface area contributed by atoms with Gasteiger partial charge in [0.15, 0.2) is 0 Å². The normalized spacial score (nSPS) is 12.6. The Kier molecular flexibility index (Phi) is 5.99. The van der Waals surface area contributed by atoms with Crippen molar-refractivity contribution in [1.82, 2.24) is 10.9 Å². The van der Waals surface area contributed by atoms with Gasteiger partial charge in [-0.2, -0.15) is 0 Å². The van der Waals surface area contributed by atoms with Gasteiger partial charge in [0, 0.05) is 6.42 Å². The first kappa shape index (κ1) is 13.4. The Morgan fingerprint density at radius 3 is 2.71 bits per heavy atom. The topological polar surface area (TPSA) is 61.4 Å². The van der Waals surface area contributed by atoms with Crippen LogP contribution in [0.3, 0.4) is 0 Å². The number of rotatable bonds is 6. The zero-order chi connectivity index (χ0) is 12.5. The zero-order valence-corrected chi connectivity index (χ0v) is 9.89. The lowest BCUT2D eigenvalue weighted by molar-refractivity contribution is -0.121. The van der Waals surface area contributed by atoms with Crippen molar-refractivity contribution < 1.29 is 9.90 Å². The highest BCUT2D eigenvalue weighted by atomic mass is 16.3. The molecule has 17 heavy (non-hydrogen) atoms. The van der Waals surface area contributed by atoms with Gasteiger partial charge in [0.05, 0.1) is 12.6 Å². The molecule has 4 heteroatoms. The summed E-state index contributed by atoms with van der Waals surface area (Å²) in [6.07, 6.45) is 4.12. The van der Waals surface area contributed by atoms with Crippen LogP contribution in [0.5, 0.6) is 0 Å². The summed E-state index contributed by atoms with van der Waals surface area (Å²) in [4.78, 5) is 11.0. The van der Waals surface area contributed by atoms with Crippen LogP contribution in [0.25, 0.3) is 6.08 Å². The summed E-state index contributed by atoms with van der Waals surface area (Å²) in [5.41, 5.74) is 6.32. The molecular formula is C13H18N2O2. The monoisotopic (exact) mass is 234 g/mol. The number of aliphatic hydroxyl groups excluding tert-OH is 1. The standard InChI is InChI=1S/C13H18N2O2/c1-2-13(17)15-14-12(10-16)9-8-11-6-4-3-5-7-11/h3-9,12,14,16H,2,10H2,1H3,(H,15,17)/b9-8+. The maximum Gasteiger partial charge on any atom is 0.233 e. The number of hydrogen-bond acceptors (Lipinski definition) is 3. The molecule has 0 radical (unpaired) electrons. The van der Waals surface area contributed by atoms with E-state index in [-0.39, 0.29) is 18.6 Å². The van der Waals surface area contributed by atoms with Gasteiger partial charge in [-0.15, -0.1) is 0 Å². The number of aliphatic hydroxyl groups is 1. The predicted molar refractivity (Wildman–Crippen MR) is 67.9 cm³/mol. The van der Waals surface area contributed by atoms with Gasteiger partial charge in [-0.3, -0.25) is 10.2 Å². The van der Waals surface area contributed by atoms with E-state index in [1.807, 2.05) is 42.5 Å². The van der Waals surface area contributed by atoms with Crippen LogP contribution >= 0.6 is 0 Å². The number of benzene rings is 1. The fourth-order valence-corrected chi connectivity index (χ4v) is 1.21. The van der Waals surface area contributed by atoms with Crippen LogP contribution in [0.4, 0.5) is 0 Å². The minimum Gasteiger partial charge on any atom is -0.394 e. The average Bonchev–Trinajstić information content (AvgIpc) is 2.39. The number of carbonyl (C=O) groups excluding carboxylic acids is 1. The number of hydrazine groups is 1. The van der Waals surface area contributed by atoms with Gasteiger partial charge < -0.3 is 5.11 Å². The lowest BCUT2D eigenvalue weighted by Gasteiger charge is -2.12. The van der Waals surface area contributed by atoms with Crippen LogP contribution in [0, 0.1) is 0 Å². The Balaban J connectivity index is 2.46. The lowest BCUT2D eigenvalue weighted by atomic mass is 10.2. The molecular weight excluding hydrogens is 216 g/mol. The molecule has 0 bridgehead atoms. The molecule has 4 nitrogen and oxygen atoms in total. The summed E-state index contributed by atoms with van der Waals surface area (Å²) in [6.45, 7) is 1.69. The molecule has 1 aromatic carbocycles. The van der Waals surface area contributed by atoms with Crippen molar-refractivity contribution in [2.75, 3.05) is 6.61 Å². The van der Waals surface area contributed by atoms with Crippen LogP contribution in [-0.2, 0) is 4.79 Å². The molecule has 0 spiro atoms. The van der Waals surface area contributed by atoms with Crippen molar-refractivity contribution in [1.29, 1.82) is 0 Å². The lowest BCUT2D eigenvalue weighted by Crippen LogP contribution is -2.44. The predicted octanol–water partition coefficient (Wildman–Crippen LogP) is 1.09. The van der Waals surface area contributed by atoms with E-state index in [2.05, 4.69) is 10.9 Å². The molecule has 1 unspecified atom stereocenters. The summed E-state index contributed by atoms with van der Waals surface area (Å²) in [5, 5.41) is 9.12. The maximum absolute atomic E-state index is 11.0. The molecule has 1 amide bonds. The first-order chi connectivity index (χ1) is 8.26. The third-order valence-electron chi connectivity index (χ3n) is 2.24. The quantitative estimate of drug-likeness (QED) is 0.646. The van der Waals surface area contributed by atoms with Crippen molar-refractivity contribution in [3.05, 3.63) is 42.0 Å². The Hall–Kier alpha value is -1.65. The van der Waals surface area contributed by atoms with Crippen LogP contribution < -0.4 is 10.9 Å². The number of amides is 1. The van der Waals surface area contributed by atoms with E-state index in [0.717, 1.165) is 5.56 Å². The van der Waals surface area contributed by atoms with E-state index in [4.69, 9.17) is 5.11 Å². The van der Waals surface area contributed by atoms with Gasteiger partial charge >= 0.3 is 0 Å². The first-order valence-corrected chi connectivity index (χ1v) is 5.64. The highest BCUT2D eigenvalue weighted by Gasteiger charge is 2.03. The largest absolute Gasteiger partial charge is 0.394 e. The molecule has 0 saturated carbocycles. The van der Waals surface area contributed by atoms with Crippen molar-refractivity contribution >= 4 is 12.0 Å². The molecule has 3 N–H and O–H groups in total. The van der Waals surface area contributed by atoms with Gasteiger partial charge in [0.1, 0.15) is 0 Å². The van der Waals surface area contributed by atoms with Crippen LogP contribution in [-0.4, -0.2) is 23.7 Å². The maximum atomic E-state index is 11.0. The Morgan fingerprint density at radius 1 is 1.41 bits per heavy atom. The Bertz CT molecular complexity index is 363. The summed E-state index contributed by atoms with van der Waals surface area (Å²) in [5.74, 6) is -0.100. The highest BCUT2D eigenvalue weighted by molar-refractivity contribution is 5.74. The molecule has 0 fully saturated rings. The van der Waals surface area contributed by atoms with Crippen molar-refractivity contribution in [2.24, 2.45) is 0 Å². The second kappa shape index (κ2) is 7.60. The summed E-state index contributed by atoms with van der Waals surface area (Å²) in [6, 6.07) is 9.48. The van der Waals surface area contributed by atoms with E-state index in [9.17, 15) is 4.79 Å². The van der Waals surface area contributed by atoms with Crippen LogP contribution in [0.1, 0.15) is 18.9 Å². The number of carbonyl (C=O) groups is 1. The van der Waals surface area contributed by atoms with Crippen LogP contribution in [0.2, 0.25) is 0 Å². The smallest absolute Gasteiger partial charge is 0.233 e. The van der Waals surface area contributed by atoms with E-state index >= 15 is 0 Å². The van der Waals surface area contributed by atoms with Gasteiger partial charge in [0.2, 0.25) is 5.91 Å². The van der Waals surface area contributed by atoms with Crippen LogP contribution in [0.15, 0.2) is 36.4 Å². The first-order valence-electron chi connectivity index (χ1n) is 5.64. The third-order valence-corrected chi connectivity index (χ3v) is 2.24. The van der Waals surface area contributed by atoms with E-state index in [0.29, 0.717) is 6.42 Å². The molecule has 1 aromatic rings. The minimum absolute atomic E-state index is 0.0761. The second-order valence-electron chi connectivity index (χ2n) is 3.60. The molecule has 0 aliphatic heterocycles. The van der Waals surface area contributed by atoms with Gasteiger partial charge in [0.25, 0.3) is 0 Å². The minimum atomic E-state index is -0.286. The summed E-state index contributed by atoms with van der Waals surface area (Å²) in [7, 11) is 0. The SMILES string of the molecule is CCC(=O)NNC(/C=C/c1ccccc1)CO. The fraction of sp³-hybridized carbons (Fsp3) is 0.308. The van der Waals surface area contributed by atoms with E-state index in [1.54, 1.807) is 6.92 Å². The highest BCUT2D eigenvalue weighted by Crippen LogP contribution is 2.01. The van der Waals surface area contributed by atoms with E-state index in [1.165, 1.54) is 0 Å². The molecule has 0 heterocycles. The molecule has 1 atom stereocenters. The van der Waals surface area contributed by atoms with E-state index < -0.39 is 0 Å². The van der Waals surface area contributed by atoms with Gasteiger partial charge in [-0.25, -0.2) is 5.43 Å². The molecule has 0 saturated heterocycles. The van der Waals surface area contributed by atoms with Crippen molar-refractivity contribution in [3.63, 3.8) is 0 Å². The average molecular weight is 234 g/mol. The fourth-order valence-electron chi connectivity index (χ4n) is 1.21. The zero-order valence-electron chi connectivity index (χ0n) is 9.89. The third kappa shape index (κ3) is 5.29. The molecule has 0 aliphatic rings. The Morgan fingerprint density at radius 2 is 2.12 bits per heavy atom. The van der Waals surface area contributed by atoms with Gasteiger partial charge in [-0.1, -0.05) is 49.4 Å². The van der Waals surface area contributed by atoms with Gasteiger partial charge in [-0.05, 0) is 5.56 Å². The molecule has 1 rings (SSSR count). The molecule has 0 aliphatic carbocycles. The second-order valence-corrected chi connectivity index (χ2v) is 3.60. The number of nitrogens with one attached hydrogen (secondary N) is 2. The summed E-state index contributed by atoms with van der Waals surface area (Å²) < 4.78 is 0. The number of hydrogen-bond donors (Lipinski definition) is 3. The molecule has 92 valence electrons. The molecule has 0 aromatic heterocycles.